The molecule has 23 heavy (non-hydrogen) atoms. The minimum Gasteiger partial charge on any atom is -0.355 e. The Hall–Kier alpha value is -3.27. The van der Waals surface area contributed by atoms with Crippen LogP contribution in [0, 0.1) is 28.8 Å². The van der Waals surface area contributed by atoms with E-state index in [1.54, 1.807) is 6.07 Å². The van der Waals surface area contributed by atoms with Gasteiger partial charge in [0.1, 0.15) is 34.8 Å². The Bertz CT molecular complexity index is 775. The molecular weight excluding hydrogens is 307 g/mol. The molecule has 2 N–H and O–H groups in total. The number of nitriles is 1. The molecule has 4 nitrogen and oxygen atoms in total. The van der Waals surface area contributed by atoms with Gasteiger partial charge < -0.3 is 10.6 Å². The zero-order valence-electron chi connectivity index (χ0n) is 11.6. The summed E-state index contributed by atoms with van der Waals surface area (Å²) >= 11 is 0. The second kappa shape index (κ2) is 7.13. The van der Waals surface area contributed by atoms with Crippen LogP contribution in [0.1, 0.15) is 0 Å². The average Bonchev–Trinajstić information content (AvgIpc) is 2.52. The number of nitrogens with zero attached hydrogens (tertiary/aromatic N) is 1. The lowest BCUT2D eigenvalue weighted by molar-refractivity contribution is -0.112. The third kappa shape index (κ3) is 4.11. The van der Waals surface area contributed by atoms with E-state index in [-0.39, 0.29) is 5.69 Å². The van der Waals surface area contributed by atoms with E-state index in [9.17, 15) is 18.0 Å². The van der Waals surface area contributed by atoms with E-state index in [0.29, 0.717) is 0 Å². The molecule has 1 amide bonds. The standard InChI is InChI=1S/C16H10F3N3O/c17-11-4-6-12(7-5-11)22-16(23)10(8-20)9-21-15-13(18)2-1-3-14(15)19/h1-7,9,21H,(H,22,23)/b10-9-. The molecule has 0 bridgehead atoms. The molecule has 0 atom stereocenters. The van der Waals surface area contributed by atoms with Gasteiger partial charge in [-0.3, -0.25) is 4.79 Å². The molecule has 0 radical (unpaired) electrons. The fourth-order valence-corrected chi connectivity index (χ4v) is 1.66. The summed E-state index contributed by atoms with van der Waals surface area (Å²) in [5.74, 6) is -3.01. The van der Waals surface area contributed by atoms with Crippen molar-refractivity contribution in [1.29, 1.82) is 5.26 Å². The van der Waals surface area contributed by atoms with Crippen molar-refractivity contribution in [2.24, 2.45) is 0 Å². The van der Waals surface area contributed by atoms with Gasteiger partial charge in [0.2, 0.25) is 0 Å². The van der Waals surface area contributed by atoms with Crippen LogP contribution in [0.5, 0.6) is 0 Å². The Morgan fingerprint density at radius 1 is 1.04 bits per heavy atom. The third-order valence-electron chi connectivity index (χ3n) is 2.79. The zero-order chi connectivity index (χ0) is 16.8. The monoisotopic (exact) mass is 317 g/mol. The highest BCUT2D eigenvalue weighted by Gasteiger charge is 2.11. The summed E-state index contributed by atoms with van der Waals surface area (Å²) in [6.07, 6.45) is 0.889. The Balaban J connectivity index is 2.14. The number of benzene rings is 2. The highest BCUT2D eigenvalue weighted by Crippen LogP contribution is 2.18. The lowest BCUT2D eigenvalue weighted by atomic mass is 10.2. The number of amides is 1. The van der Waals surface area contributed by atoms with Crippen molar-refractivity contribution in [1.82, 2.24) is 0 Å². The van der Waals surface area contributed by atoms with E-state index < -0.39 is 34.6 Å². The summed E-state index contributed by atoms with van der Waals surface area (Å²) < 4.78 is 39.7. The number of rotatable bonds is 4. The summed E-state index contributed by atoms with van der Waals surface area (Å²) in [6, 6.07) is 9.76. The van der Waals surface area contributed by atoms with Crippen molar-refractivity contribution in [2.75, 3.05) is 10.6 Å². The van der Waals surface area contributed by atoms with E-state index in [4.69, 9.17) is 5.26 Å². The second-order valence-corrected chi connectivity index (χ2v) is 4.37. The lowest BCUT2D eigenvalue weighted by Gasteiger charge is -2.06. The molecule has 0 aliphatic rings. The van der Waals surface area contributed by atoms with Crippen LogP contribution in [0.25, 0.3) is 0 Å². The van der Waals surface area contributed by atoms with Gasteiger partial charge in [-0.15, -0.1) is 0 Å². The Morgan fingerprint density at radius 2 is 1.65 bits per heavy atom. The molecule has 2 aromatic rings. The van der Waals surface area contributed by atoms with Crippen molar-refractivity contribution < 1.29 is 18.0 Å². The molecule has 0 spiro atoms. The molecule has 0 saturated carbocycles. The molecule has 2 aromatic carbocycles. The maximum Gasteiger partial charge on any atom is 0.267 e. The van der Waals surface area contributed by atoms with Crippen molar-refractivity contribution in [3.63, 3.8) is 0 Å². The first kappa shape index (κ1) is 16.1. The van der Waals surface area contributed by atoms with E-state index in [1.165, 1.54) is 18.2 Å². The van der Waals surface area contributed by atoms with Crippen LogP contribution < -0.4 is 10.6 Å². The van der Waals surface area contributed by atoms with Gasteiger partial charge in [-0.2, -0.15) is 5.26 Å². The molecule has 0 aliphatic heterocycles. The number of anilines is 2. The van der Waals surface area contributed by atoms with Gasteiger partial charge in [0.05, 0.1) is 0 Å². The van der Waals surface area contributed by atoms with Crippen LogP contribution in [-0.2, 0) is 4.79 Å². The van der Waals surface area contributed by atoms with Crippen molar-refractivity contribution >= 4 is 17.3 Å². The van der Waals surface area contributed by atoms with Gasteiger partial charge >= 0.3 is 0 Å². The van der Waals surface area contributed by atoms with E-state index in [0.717, 1.165) is 30.5 Å². The Labute approximate surface area is 129 Å². The fraction of sp³-hybridized carbons (Fsp3) is 0. The second-order valence-electron chi connectivity index (χ2n) is 4.37. The summed E-state index contributed by atoms with van der Waals surface area (Å²) in [6.45, 7) is 0. The largest absolute Gasteiger partial charge is 0.355 e. The van der Waals surface area contributed by atoms with Gasteiger partial charge in [-0.05, 0) is 36.4 Å². The van der Waals surface area contributed by atoms with Crippen LogP contribution in [0.15, 0.2) is 54.2 Å². The number of para-hydroxylation sites is 1. The minimum atomic E-state index is -0.863. The number of carbonyl (C=O) groups is 1. The van der Waals surface area contributed by atoms with Crippen molar-refractivity contribution in [2.45, 2.75) is 0 Å². The first-order valence-corrected chi connectivity index (χ1v) is 6.39. The van der Waals surface area contributed by atoms with Gasteiger partial charge in [0.25, 0.3) is 5.91 Å². The van der Waals surface area contributed by atoms with Crippen LogP contribution in [0.3, 0.4) is 0 Å². The maximum absolute atomic E-state index is 13.4. The number of hydrogen-bond donors (Lipinski definition) is 2. The fourth-order valence-electron chi connectivity index (χ4n) is 1.66. The molecule has 0 heterocycles. The lowest BCUT2D eigenvalue weighted by Crippen LogP contribution is -2.14. The van der Waals surface area contributed by atoms with Gasteiger partial charge in [-0.1, -0.05) is 6.07 Å². The smallest absolute Gasteiger partial charge is 0.267 e. The predicted molar refractivity (Wildman–Crippen MR) is 78.7 cm³/mol. The Kier molecular flexibility index (Phi) is 5.00. The molecule has 0 aliphatic carbocycles. The highest BCUT2D eigenvalue weighted by atomic mass is 19.1. The average molecular weight is 317 g/mol. The van der Waals surface area contributed by atoms with Crippen LogP contribution in [-0.4, -0.2) is 5.91 Å². The van der Waals surface area contributed by atoms with Gasteiger partial charge in [0.15, 0.2) is 0 Å². The Morgan fingerprint density at radius 3 is 2.22 bits per heavy atom. The van der Waals surface area contributed by atoms with Crippen LogP contribution in [0.4, 0.5) is 24.5 Å². The molecule has 0 saturated heterocycles. The molecule has 0 unspecified atom stereocenters. The van der Waals surface area contributed by atoms with Crippen molar-refractivity contribution in [3.8, 4) is 6.07 Å². The molecule has 116 valence electrons. The first-order chi connectivity index (χ1) is 11.0. The summed E-state index contributed by atoms with van der Waals surface area (Å²) in [5.41, 5.74) is -0.610. The SMILES string of the molecule is N#C/C(=C/Nc1c(F)cccc1F)C(=O)Nc1ccc(F)cc1. The first-order valence-electron chi connectivity index (χ1n) is 6.39. The van der Waals surface area contributed by atoms with Gasteiger partial charge in [0, 0.05) is 11.9 Å². The molecule has 7 heteroatoms. The molecule has 0 aromatic heterocycles. The number of nitrogens with one attached hydrogen (secondary N) is 2. The van der Waals surface area contributed by atoms with E-state index >= 15 is 0 Å². The van der Waals surface area contributed by atoms with Crippen LogP contribution in [0.2, 0.25) is 0 Å². The third-order valence-corrected chi connectivity index (χ3v) is 2.79. The molecule has 2 rings (SSSR count). The summed E-state index contributed by atoms with van der Waals surface area (Å²) in [4.78, 5) is 11.9. The molecule has 0 fully saturated rings. The maximum atomic E-state index is 13.4. The topological polar surface area (TPSA) is 64.9 Å². The number of carbonyl (C=O) groups excluding carboxylic acids is 1. The number of hydrogen-bond acceptors (Lipinski definition) is 3. The predicted octanol–water partition coefficient (Wildman–Crippen LogP) is 3.56. The van der Waals surface area contributed by atoms with Crippen molar-refractivity contribution in [3.05, 3.63) is 71.7 Å². The molecular formula is C16H10F3N3O. The quantitative estimate of drug-likeness (QED) is 0.669. The van der Waals surface area contributed by atoms with Crippen LogP contribution >= 0.6 is 0 Å². The number of halogens is 3. The van der Waals surface area contributed by atoms with E-state index in [2.05, 4.69) is 10.6 Å². The highest BCUT2D eigenvalue weighted by molar-refractivity contribution is 6.06. The van der Waals surface area contributed by atoms with Gasteiger partial charge in [-0.25, -0.2) is 13.2 Å². The minimum absolute atomic E-state index is 0.273. The van der Waals surface area contributed by atoms with E-state index in [1.807, 2.05) is 0 Å². The zero-order valence-corrected chi connectivity index (χ0v) is 11.6. The normalized spacial score (nSPS) is 10.8. The summed E-state index contributed by atoms with van der Waals surface area (Å²) in [5, 5.41) is 13.6. The summed E-state index contributed by atoms with van der Waals surface area (Å²) in [7, 11) is 0.